The molecule has 0 radical (unpaired) electrons. The maximum Gasteiger partial charge on any atom is 0.410 e. The zero-order valence-electron chi connectivity index (χ0n) is 16.3. The molecule has 6 nitrogen and oxygen atoms in total. The van der Waals surface area contributed by atoms with Crippen molar-refractivity contribution in [1.29, 1.82) is 0 Å². The molecule has 144 valence electrons. The topological polar surface area (TPSA) is 61.9 Å². The second kappa shape index (κ2) is 8.88. The highest BCUT2D eigenvalue weighted by atomic mass is 16.6. The molecule has 0 aromatic heterocycles. The molecule has 0 spiro atoms. The SMILES string of the molecule is CCN(CC(=O)NCC1CC1)C1CCCN(C(=O)OC(C)(C)C)CC1. The van der Waals surface area contributed by atoms with Gasteiger partial charge in [-0.3, -0.25) is 9.69 Å². The highest BCUT2D eigenvalue weighted by molar-refractivity contribution is 5.78. The lowest BCUT2D eigenvalue weighted by atomic mass is 10.1. The number of hydrogen-bond donors (Lipinski definition) is 1. The number of ether oxygens (including phenoxy) is 1. The molecule has 1 atom stereocenters. The van der Waals surface area contributed by atoms with Crippen LogP contribution in [0, 0.1) is 5.92 Å². The summed E-state index contributed by atoms with van der Waals surface area (Å²) in [7, 11) is 0. The average Bonchev–Trinajstić information content (AvgIpc) is 3.35. The Morgan fingerprint density at radius 2 is 1.88 bits per heavy atom. The molecule has 2 fully saturated rings. The van der Waals surface area contributed by atoms with Crippen LogP contribution in [-0.4, -0.2) is 66.2 Å². The number of likely N-dealkylation sites (N-methyl/N-ethyl adjacent to an activating group) is 1. The predicted octanol–water partition coefficient (Wildman–Crippen LogP) is 2.62. The van der Waals surface area contributed by atoms with E-state index < -0.39 is 5.60 Å². The quantitative estimate of drug-likeness (QED) is 0.797. The summed E-state index contributed by atoms with van der Waals surface area (Å²) in [5.41, 5.74) is -0.460. The van der Waals surface area contributed by atoms with Crippen LogP contribution in [0.1, 0.15) is 59.8 Å². The van der Waals surface area contributed by atoms with Gasteiger partial charge < -0.3 is 15.0 Å². The van der Waals surface area contributed by atoms with Crippen LogP contribution in [0.5, 0.6) is 0 Å². The number of hydrogen-bond acceptors (Lipinski definition) is 4. The Balaban J connectivity index is 1.80. The molecule has 1 heterocycles. The van der Waals surface area contributed by atoms with E-state index in [9.17, 15) is 9.59 Å². The van der Waals surface area contributed by atoms with Crippen LogP contribution in [0.3, 0.4) is 0 Å². The summed E-state index contributed by atoms with van der Waals surface area (Å²) in [5, 5.41) is 3.05. The normalized spacial score (nSPS) is 21.8. The second-order valence-corrected chi connectivity index (χ2v) is 8.36. The van der Waals surface area contributed by atoms with E-state index in [1.807, 2.05) is 25.7 Å². The lowest BCUT2D eigenvalue weighted by Gasteiger charge is -2.30. The summed E-state index contributed by atoms with van der Waals surface area (Å²) >= 11 is 0. The number of nitrogens with one attached hydrogen (secondary N) is 1. The molecule has 1 saturated heterocycles. The highest BCUT2D eigenvalue weighted by Crippen LogP contribution is 2.27. The van der Waals surface area contributed by atoms with Gasteiger partial charge in [0.1, 0.15) is 5.60 Å². The summed E-state index contributed by atoms with van der Waals surface area (Å²) in [6, 6.07) is 0.351. The minimum Gasteiger partial charge on any atom is -0.444 e. The zero-order valence-corrected chi connectivity index (χ0v) is 16.3. The van der Waals surface area contributed by atoms with Gasteiger partial charge in [0.15, 0.2) is 0 Å². The van der Waals surface area contributed by atoms with Crippen molar-refractivity contribution >= 4 is 12.0 Å². The minimum absolute atomic E-state index is 0.127. The number of rotatable bonds is 6. The Kier molecular flexibility index (Phi) is 7.11. The predicted molar refractivity (Wildman–Crippen MR) is 98.4 cm³/mol. The lowest BCUT2D eigenvalue weighted by Crippen LogP contribution is -2.44. The molecule has 0 bridgehead atoms. The van der Waals surface area contributed by atoms with Crippen molar-refractivity contribution in [3.8, 4) is 0 Å². The molecule has 0 aromatic rings. The van der Waals surface area contributed by atoms with E-state index in [1.165, 1.54) is 12.8 Å². The van der Waals surface area contributed by atoms with Gasteiger partial charge in [-0.05, 0) is 65.3 Å². The van der Waals surface area contributed by atoms with Crippen LogP contribution in [0.15, 0.2) is 0 Å². The first-order chi connectivity index (χ1) is 11.8. The first-order valence-corrected chi connectivity index (χ1v) is 9.77. The van der Waals surface area contributed by atoms with Gasteiger partial charge in [-0.15, -0.1) is 0 Å². The van der Waals surface area contributed by atoms with E-state index in [0.29, 0.717) is 25.0 Å². The highest BCUT2D eigenvalue weighted by Gasteiger charge is 2.28. The fourth-order valence-corrected chi connectivity index (χ4v) is 3.27. The number of carbonyl (C=O) groups is 2. The molecule has 2 aliphatic rings. The van der Waals surface area contributed by atoms with Gasteiger partial charge in [0.05, 0.1) is 6.54 Å². The Morgan fingerprint density at radius 3 is 2.48 bits per heavy atom. The van der Waals surface area contributed by atoms with Gasteiger partial charge in [0, 0.05) is 25.7 Å². The molecule has 1 saturated carbocycles. The van der Waals surface area contributed by atoms with Gasteiger partial charge in [0.25, 0.3) is 0 Å². The maximum atomic E-state index is 12.3. The maximum absolute atomic E-state index is 12.3. The van der Waals surface area contributed by atoms with E-state index in [-0.39, 0.29) is 12.0 Å². The van der Waals surface area contributed by atoms with Gasteiger partial charge in [-0.1, -0.05) is 6.92 Å². The summed E-state index contributed by atoms with van der Waals surface area (Å²) in [4.78, 5) is 28.5. The molecule has 1 N–H and O–H groups in total. The van der Waals surface area contributed by atoms with Crippen molar-refractivity contribution in [2.75, 3.05) is 32.7 Å². The fourth-order valence-electron chi connectivity index (χ4n) is 3.27. The van der Waals surface area contributed by atoms with Gasteiger partial charge >= 0.3 is 6.09 Å². The Hall–Kier alpha value is -1.30. The first-order valence-electron chi connectivity index (χ1n) is 9.77. The van der Waals surface area contributed by atoms with E-state index in [2.05, 4.69) is 17.1 Å². The van der Waals surface area contributed by atoms with Gasteiger partial charge in [-0.25, -0.2) is 4.79 Å². The Bertz CT molecular complexity index is 457. The third kappa shape index (κ3) is 7.22. The molecule has 1 unspecified atom stereocenters. The van der Waals surface area contributed by atoms with Crippen molar-refractivity contribution in [3.63, 3.8) is 0 Å². The summed E-state index contributed by atoms with van der Waals surface area (Å²) in [6.45, 7) is 11.4. The Labute approximate surface area is 152 Å². The monoisotopic (exact) mass is 353 g/mol. The minimum atomic E-state index is -0.460. The number of amides is 2. The molecule has 6 heteroatoms. The van der Waals surface area contributed by atoms with Crippen LogP contribution in [0.2, 0.25) is 0 Å². The van der Waals surface area contributed by atoms with E-state index in [4.69, 9.17) is 4.74 Å². The van der Waals surface area contributed by atoms with Crippen molar-refractivity contribution < 1.29 is 14.3 Å². The van der Waals surface area contributed by atoms with E-state index >= 15 is 0 Å². The Morgan fingerprint density at radius 1 is 1.16 bits per heavy atom. The summed E-state index contributed by atoms with van der Waals surface area (Å²) in [6.07, 6.45) is 5.14. The van der Waals surface area contributed by atoms with Crippen molar-refractivity contribution in [2.45, 2.75) is 71.4 Å². The zero-order chi connectivity index (χ0) is 18.4. The van der Waals surface area contributed by atoms with Crippen molar-refractivity contribution in [3.05, 3.63) is 0 Å². The molecule has 2 rings (SSSR count). The summed E-state index contributed by atoms with van der Waals surface area (Å²) < 4.78 is 5.49. The molecule has 1 aliphatic heterocycles. The van der Waals surface area contributed by atoms with Gasteiger partial charge in [-0.2, -0.15) is 0 Å². The number of carbonyl (C=O) groups excluding carboxylic acids is 2. The van der Waals surface area contributed by atoms with Crippen molar-refractivity contribution in [2.24, 2.45) is 5.92 Å². The van der Waals surface area contributed by atoms with Crippen LogP contribution in [-0.2, 0) is 9.53 Å². The second-order valence-electron chi connectivity index (χ2n) is 8.36. The van der Waals surface area contributed by atoms with Gasteiger partial charge in [0.2, 0.25) is 5.91 Å². The lowest BCUT2D eigenvalue weighted by molar-refractivity contribution is -0.122. The third-order valence-electron chi connectivity index (χ3n) is 4.90. The van der Waals surface area contributed by atoms with Crippen LogP contribution >= 0.6 is 0 Å². The van der Waals surface area contributed by atoms with Crippen LogP contribution in [0.4, 0.5) is 4.79 Å². The van der Waals surface area contributed by atoms with Crippen LogP contribution in [0.25, 0.3) is 0 Å². The molecule has 1 aliphatic carbocycles. The molecule has 0 aromatic carbocycles. The average molecular weight is 354 g/mol. The number of nitrogens with zero attached hydrogens (tertiary/aromatic N) is 2. The third-order valence-corrected chi connectivity index (χ3v) is 4.90. The molecular formula is C19H35N3O3. The largest absolute Gasteiger partial charge is 0.444 e. The standard InChI is InChI=1S/C19H35N3O3/c1-5-21(14-17(23)20-13-15-8-9-15)16-7-6-11-22(12-10-16)18(24)25-19(2,3)4/h15-16H,5-14H2,1-4H3,(H,20,23). The van der Waals surface area contributed by atoms with E-state index in [0.717, 1.165) is 38.9 Å². The van der Waals surface area contributed by atoms with Crippen molar-refractivity contribution in [1.82, 2.24) is 15.1 Å². The molecular weight excluding hydrogens is 318 g/mol. The first kappa shape index (κ1) is 20.0. The van der Waals surface area contributed by atoms with Crippen LogP contribution < -0.4 is 5.32 Å². The smallest absolute Gasteiger partial charge is 0.410 e. The summed E-state index contributed by atoms with van der Waals surface area (Å²) in [5.74, 6) is 0.835. The fraction of sp³-hybridized carbons (Fsp3) is 0.895. The molecule has 25 heavy (non-hydrogen) atoms. The van der Waals surface area contributed by atoms with E-state index in [1.54, 1.807) is 0 Å². The number of likely N-dealkylation sites (tertiary alicyclic amines) is 1. The molecule has 2 amide bonds.